The van der Waals surface area contributed by atoms with Crippen molar-refractivity contribution in [1.82, 2.24) is 10.6 Å². The highest BCUT2D eigenvalue weighted by atomic mass is 32.1. The summed E-state index contributed by atoms with van der Waals surface area (Å²) in [4.78, 5) is 72.5. The summed E-state index contributed by atoms with van der Waals surface area (Å²) in [6, 6.07) is 6.27. The van der Waals surface area contributed by atoms with Crippen molar-refractivity contribution in [3.63, 3.8) is 0 Å². The molecule has 2 amide bonds. The Morgan fingerprint density at radius 2 is 1.07 bits per heavy atom. The molecule has 414 valence electrons. The second-order valence-corrected chi connectivity index (χ2v) is 19.9. The van der Waals surface area contributed by atoms with E-state index in [1.165, 1.54) is 12.8 Å². The molecule has 2 unspecified atom stereocenters. The number of rotatable bonds is 36. The molecule has 0 radical (unpaired) electrons. The van der Waals surface area contributed by atoms with E-state index < -0.39 is 44.3 Å². The number of carbonyl (C=O) groups is 4. The molecule has 2 atom stereocenters. The summed E-state index contributed by atoms with van der Waals surface area (Å²) in [5, 5.41) is 55.6. The summed E-state index contributed by atoms with van der Waals surface area (Å²) in [5.74, 6) is -3.53. The first-order valence-electron chi connectivity index (χ1n) is 26.4. The highest BCUT2D eigenvalue weighted by molar-refractivity contribution is 7.19. The second kappa shape index (κ2) is 35.9. The molecule has 4 N–H and O–H groups in total. The molecule has 2 aliphatic rings. The quantitative estimate of drug-likeness (QED) is 0.0214. The van der Waals surface area contributed by atoms with E-state index >= 15 is 0 Å². The Bertz CT molecular complexity index is 2040. The van der Waals surface area contributed by atoms with Gasteiger partial charge in [-0.15, -0.1) is 10.2 Å². The van der Waals surface area contributed by atoms with Crippen molar-refractivity contribution in [2.75, 3.05) is 97.1 Å². The average Bonchev–Trinajstić information content (AvgIpc) is 3.79. The minimum absolute atomic E-state index is 0.000743. The van der Waals surface area contributed by atoms with Crippen LogP contribution in [0.4, 0.5) is 27.1 Å². The zero-order valence-corrected chi connectivity index (χ0v) is 43.9. The smallest absolute Gasteiger partial charge is 0.333 e. The molecule has 4 rings (SSSR count). The van der Waals surface area contributed by atoms with Crippen molar-refractivity contribution < 1.29 is 62.9 Å². The van der Waals surface area contributed by atoms with Crippen LogP contribution in [0.5, 0.6) is 0 Å². The standard InChI is InChI=1S/C51H79N7O15S/c1-38-34-41(18-19-44(38)54-55-49-45(57(65)66)37-48(74-49)58(67)68)56(22-26-71-30-28-69-24-12-20-52-46(59)35-42(50(61)62)39-14-8-4-2-5-9-15-39)23-27-72-31-33-73-32-29-70-25-13-21-53-47(60)36-43(51(63)64)40-16-10-6-3-7-11-17-40/h18-19,34,37,39-40,42-43H,2-17,20-33,35-36H2,1H3,(H,52,59)(H,53,60)(H,61,62)(H,63,64)/b55-54+. The van der Waals surface area contributed by atoms with Gasteiger partial charge in [0.2, 0.25) is 16.8 Å². The lowest BCUT2D eigenvalue weighted by Crippen LogP contribution is -2.33. The molecule has 74 heavy (non-hydrogen) atoms. The third-order valence-corrected chi connectivity index (χ3v) is 14.4. The maximum absolute atomic E-state index is 12.6. The molecule has 1 aromatic carbocycles. The largest absolute Gasteiger partial charge is 0.481 e. The van der Waals surface area contributed by atoms with Crippen LogP contribution < -0.4 is 15.5 Å². The number of carboxylic acids is 2. The summed E-state index contributed by atoms with van der Waals surface area (Å²) in [6.45, 7) is 7.17. The minimum atomic E-state index is -0.901. The number of nitro groups is 2. The Labute approximate surface area is 437 Å². The molecule has 2 fully saturated rings. The van der Waals surface area contributed by atoms with Gasteiger partial charge in [-0.05, 0) is 92.4 Å². The number of carboxylic acid groups (broad SMARTS) is 2. The molecule has 0 aliphatic heterocycles. The summed E-state index contributed by atoms with van der Waals surface area (Å²) >= 11 is 0.568. The molecular weight excluding hydrogens is 983 g/mol. The number of anilines is 1. The van der Waals surface area contributed by atoms with Crippen LogP contribution in [-0.2, 0) is 42.9 Å². The third-order valence-electron chi connectivity index (χ3n) is 13.4. The molecule has 2 aliphatic carbocycles. The SMILES string of the molecule is Cc1cc(N(CCOCCOCCCNC(=O)CC(C(=O)O)C2CCCCCCC2)CCOCCOCCOCCCNC(=O)CC(C(=O)O)C2CCCCCCC2)ccc1/N=N/c1sc([N+](=O)[O-])cc1[N+](=O)[O-]. The fourth-order valence-corrected chi connectivity index (χ4v) is 10.1. The van der Waals surface area contributed by atoms with Crippen LogP contribution in [0.2, 0.25) is 0 Å². The maximum atomic E-state index is 12.6. The number of nitrogens with one attached hydrogen (secondary N) is 2. The monoisotopic (exact) mass is 1060 g/mol. The number of carbonyl (C=O) groups excluding carboxylic acids is 2. The number of ether oxygens (including phenoxy) is 5. The second-order valence-electron chi connectivity index (χ2n) is 18.9. The highest BCUT2D eigenvalue weighted by Crippen LogP contribution is 2.42. The zero-order valence-electron chi connectivity index (χ0n) is 43.1. The first-order valence-corrected chi connectivity index (χ1v) is 27.2. The lowest BCUT2D eigenvalue weighted by Gasteiger charge is -2.25. The van der Waals surface area contributed by atoms with E-state index in [2.05, 4.69) is 25.8 Å². The molecule has 0 bridgehead atoms. The number of hydrogen-bond donors (Lipinski definition) is 4. The number of aryl methyl sites for hydroxylation is 1. The van der Waals surface area contributed by atoms with Crippen molar-refractivity contribution >= 4 is 62.2 Å². The summed E-state index contributed by atoms with van der Waals surface area (Å²) in [5.41, 5.74) is 1.46. The number of azo groups is 1. The molecule has 2 aromatic rings. The summed E-state index contributed by atoms with van der Waals surface area (Å²) in [7, 11) is 0. The molecule has 22 nitrogen and oxygen atoms in total. The predicted octanol–water partition coefficient (Wildman–Crippen LogP) is 9.09. The van der Waals surface area contributed by atoms with E-state index in [0.717, 1.165) is 88.8 Å². The van der Waals surface area contributed by atoms with Crippen LogP contribution in [0.15, 0.2) is 34.5 Å². The number of nitrogens with zero attached hydrogens (tertiary/aromatic N) is 5. The van der Waals surface area contributed by atoms with Crippen LogP contribution in [0, 0.1) is 50.8 Å². The van der Waals surface area contributed by atoms with E-state index in [9.17, 15) is 49.6 Å². The lowest BCUT2D eigenvalue weighted by atomic mass is 9.80. The fourth-order valence-electron chi connectivity index (χ4n) is 9.32. The molecular formula is C51H79N7O15S. The molecule has 1 heterocycles. The maximum Gasteiger partial charge on any atom is 0.333 e. The summed E-state index contributed by atoms with van der Waals surface area (Å²) in [6.07, 6.45) is 15.5. The first kappa shape index (κ1) is 61.3. The Morgan fingerprint density at radius 1 is 0.635 bits per heavy atom. The highest BCUT2D eigenvalue weighted by Gasteiger charge is 2.32. The number of benzene rings is 1. The number of amides is 2. The Kier molecular flexibility index (Phi) is 29.8. The van der Waals surface area contributed by atoms with E-state index in [4.69, 9.17) is 23.7 Å². The van der Waals surface area contributed by atoms with Gasteiger partial charge in [-0.2, -0.15) is 0 Å². The van der Waals surface area contributed by atoms with Gasteiger partial charge in [-0.25, -0.2) is 0 Å². The van der Waals surface area contributed by atoms with Crippen molar-refractivity contribution in [2.45, 2.75) is 122 Å². The van der Waals surface area contributed by atoms with Gasteiger partial charge in [0.25, 0.3) is 0 Å². The van der Waals surface area contributed by atoms with Gasteiger partial charge in [0.15, 0.2) is 0 Å². The van der Waals surface area contributed by atoms with Gasteiger partial charge in [-0.1, -0.05) is 64.2 Å². The average molecular weight is 1060 g/mol. The van der Waals surface area contributed by atoms with Gasteiger partial charge in [0, 0.05) is 57.9 Å². The normalized spacial score (nSPS) is 15.9. The lowest BCUT2D eigenvalue weighted by molar-refractivity contribution is -0.389. The Morgan fingerprint density at radius 3 is 1.49 bits per heavy atom. The number of aliphatic carboxylic acids is 2. The third kappa shape index (κ3) is 24.0. The van der Waals surface area contributed by atoms with Gasteiger partial charge in [0.1, 0.15) is 6.07 Å². The fraction of sp³-hybridized carbons (Fsp3) is 0.725. The molecule has 0 saturated heterocycles. The summed E-state index contributed by atoms with van der Waals surface area (Å²) < 4.78 is 28.8. The molecule has 23 heteroatoms. The topological polar surface area (TPSA) is 293 Å². The van der Waals surface area contributed by atoms with Gasteiger partial charge >= 0.3 is 22.6 Å². The minimum Gasteiger partial charge on any atom is -0.481 e. The van der Waals surface area contributed by atoms with Gasteiger partial charge in [-0.3, -0.25) is 39.4 Å². The van der Waals surface area contributed by atoms with E-state index in [-0.39, 0.29) is 41.5 Å². The Hall–Kier alpha value is -5.20. The van der Waals surface area contributed by atoms with Crippen molar-refractivity contribution in [2.24, 2.45) is 33.9 Å². The van der Waals surface area contributed by atoms with Crippen LogP contribution in [-0.4, -0.2) is 136 Å². The van der Waals surface area contributed by atoms with Crippen molar-refractivity contribution in [3.05, 3.63) is 50.1 Å². The van der Waals surface area contributed by atoms with E-state index in [1.807, 2.05) is 12.1 Å². The van der Waals surface area contributed by atoms with Crippen LogP contribution >= 0.6 is 11.3 Å². The van der Waals surface area contributed by atoms with Gasteiger partial charge in [0.05, 0.1) is 80.2 Å². The predicted molar refractivity (Wildman–Crippen MR) is 278 cm³/mol. The molecule has 1 aromatic heterocycles. The van der Waals surface area contributed by atoms with E-state index in [0.29, 0.717) is 128 Å². The zero-order chi connectivity index (χ0) is 53.3. The molecule has 2 saturated carbocycles. The van der Waals surface area contributed by atoms with Crippen LogP contribution in [0.25, 0.3) is 0 Å². The Balaban J connectivity index is 1.14. The first-order chi connectivity index (χ1) is 35.8. The number of hydrogen-bond acceptors (Lipinski definition) is 17. The van der Waals surface area contributed by atoms with Crippen LogP contribution in [0.3, 0.4) is 0 Å². The van der Waals surface area contributed by atoms with Crippen LogP contribution in [0.1, 0.15) is 121 Å². The van der Waals surface area contributed by atoms with Gasteiger partial charge < -0.3 is 49.4 Å². The molecule has 0 spiro atoms. The number of thiophene rings is 1. The van der Waals surface area contributed by atoms with Crippen molar-refractivity contribution in [3.8, 4) is 0 Å². The van der Waals surface area contributed by atoms with E-state index in [1.54, 1.807) is 13.0 Å². The van der Waals surface area contributed by atoms with Crippen molar-refractivity contribution in [1.29, 1.82) is 0 Å².